The molecular formula is C17H23N3O. The molecule has 0 aliphatic heterocycles. The summed E-state index contributed by atoms with van der Waals surface area (Å²) >= 11 is 0. The Kier molecular flexibility index (Phi) is 4.23. The fourth-order valence-corrected chi connectivity index (χ4v) is 3.24. The highest BCUT2D eigenvalue weighted by molar-refractivity contribution is 5.76. The van der Waals surface area contributed by atoms with E-state index in [0.717, 1.165) is 36.3 Å². The van der Waals surface area contributed by atoms with Gasteiger partial charge in [0.25, 0.3) is 0 Å². The number of hydrogen-bond acceptors (Lipinski definition) is 2. The Bertz CT molecular complexity index is 626. The van der Waals surface area contributed by atoms with Crippen LogP contribution in [-0.2, 0) is 11.2 Å². The molecule has 0 unspecified atom stereocenters. The lowest BCUT2D eigenvalue weighted by atomic mass is 9.95. The van der Waals surface area contributed by atoms with Gasteiger partial charge in [0, 0.05) is 24.4 Å². The molecule has 2 aromatic rings. The fraction of sp³-hybridized carbons (Fsp3) is 0.529. The number of pyridine rings is 1. The van der Waals surface area contributed by atoms with Crippen LogP contribution in [0.25, 0.3) is 5.65 Å². The van der Waals surface area contributed by atoms with E-state index in [1.807, 2.05) is 31.3 Å². The first-order valence-corrected chi connectivity index (χ1v) is 7.96. The van der Waals surface area contributed by atoms with Crippen molar-refractivity contribution in [1.29, 1.82) is 0 Å². The van der Waals surface area contributed by atoms with Gasteiger partial charge in [-0.25, -0.2) is 4.98 Å². The maximum atomic E-state index is 12.1. The van der Waals surface area contributed by atoms with E-state index in [9.17, 15) is 4.79 Å². The Hall–Kier alpha value is -1.84. The number of amides is 1. The summed E-state index contributed by atoms with van der Waals surface area (Å²) in [5, 5.41) is 3.18. The molecule has 21 heavy (non-hydrogen) atoms. The minimum atomic E-state index is 0.173. The zero-order chi connectivity index (χ0) is 14.7. The fourth-order valence-electron chi connectivity index (χ4n) is 3.24. The number of nitrogens with one attached hydrogen (secondary N) is 1. The summed E-state index contributed by atoms with van der Waals surface area (Å²) in [5.74, 6) is 0.173. The van der Waals surface area contributed by atoms with Crippen molar-refractivity contribution in [2.24, 2.45) is 0 Å². The van der Waals surface area contributed by atoms with Gasteiger partial charge in [-0.15, -0.1) is 0 Å². The van der Waals surface area contributed by atoms with Gasteiger partial charge in [-0.2, -0.15) is 0 Å². The molecule has 1 aliphatic carbocycles. The first-order chi connectivity index (χ1) is 10.2. The summed E-state index contributed by atoms with van der Waals surface area (Å²) in [4.78, 5) is 16.7. The largest absolute Gasteiger partial charge is 0.353 e. The van der Waals surface area contributed by atoms with E-state index in [1.165, 1.54) is 19.3 Å². The average molecular weight is 285 g/mol. The summed E-state index contributed by atoms with van der Waals surface area (Å²) in [6, 6.07) is 6.38. The van der Waals surface area contributed by atoms with Gasteiger partial charge in [0.05, 0.1) is 5.69 Å². The molecule has 2 heterocycles. The molecule has 0 bridgehead atoms. The summed E-state index contributed by atoms with van der Waals surface area (Å²) in [5.41, 5.74) is 3.12. The number of aryl methyl sites for hydroxylation is 2. The highest BCUT2D eigenvalue weighted by atomic mass is 16.1. The van der Waals surface area contributed by atoms with Crippen LogP contribution in [0.2, 0.25) is 0 Å². The Balaban J connectivity index is 1.60. The number of carbonyl (C=O) groups is 1. The molecular weight excluding hydrogens is 262 g/mol. The van der Waals surface area contributed by atoms with Crippen LogP contribution in [-0.4, -0.2) is 21.3 Å². The van der Waals surface area contributed by atoms with Crippen LogP contribution in [0.5, 0.6) is 0 Å². The van der Waals surface area contributed by atoms with E-state index < -0.39 is 0 Å². The highest BCUT2D eigenvalue weighted by Crippen LogP contribution is 2.18. The zero-order valence-electron chi connectivity index (χ0n) is 12.6. The van der Waals surface area contributed by atoms with Gasteiger partial charge in [-0.1, -0.05) is 25.3 Å². The molecule has 4 nitrogen and oxygen atoms in total. The molecule has 112 valence electrons. The second kappa shape index (κ2) is 6.29. The van der Waals surface area contributed by atoms with Crippen molar-refractivity contribution in [3.63, 3.8) is 0 Å². The molecule has 0 saturated heterocycles. The van der Waals surface area contributed by atoms with Crippen molar-refractivity contribution >= 4 is 11.6 Å². The lowest BCUT2D eigenvalue weighted by Gasteiger charge is -2.22. The van der Waals surface area contributed by atoms with Gasteiger partial charge in [0.2, 0.25) is 5.91 Å². The smallest absolute Gasteiger partial charge is 0.220 e. The second-order valence-electron chi connectivity index (χ2n) is 5.98. The lowest BCUT2D eigenvalue weighted by Crippen LogP contribution is -2.36. The van der Waals surface area contributed by atoms with Gasteiger partial charge in [-0.05, 0) is 38.3 Å². The van der Waals surface area contributed by atoms with E-state index in [-0.39, 0.29) is 5.91 Å². The van der Waals surface area contributed by atoms with Crippen LogP contribution < -0.4 is 5.32 Å². The van der Waals surface area contributed by atoms with Gasteiger partial charge in [0.15, 0.2) is 0 Å². The van der Waals surface area contributed by atoms with E-state index >= 15 is 0 Å². The molecule has 1 fully saturated rings. The molecule has 0 spiro atoms. The second-order valence-corrected chi connectivity index (χ2v) is 5.98. The Morgan fingerprint density at radius 2 is 2.14 bits per heavy atom. The van der Waals surface area contributed by atoms with Gasteiger partial charge in [-0.3, -0.25) is 4.79 Å². The lowest BCUT2D eigenvalue weighted by molar-refractivity contribution is -0.122. The first-order valence-electron chi connectivity index (χ1n) is 7.96. The van der Waals surface area contributed by atoms with Crippen LogP contribution in [0, 0.1) is 6.92 Å². The summed E-state index contributed by atoms with van der Waals surface area (Å²) in [6.07, 6.45) is 9.39. The molecule has 3 rings (SSSR count). The number of carbonyl (C=O) groups excluding carboxylic acids is 1. The normalized spacial score (nSPS) is 16.2. The molecule has 1 amide bonds. The summed E-state index contributed by atoms with van der Waals surface area (Å²) in [7, 11) is 0. The first kappa shape index (κ1) is 14.1. The minimum absolute atomic E-state index is 0.173. The monoisotopic (exact) mass is 285 g/mol. The van der Waals surface area contributed by atoms with Crippen molar-refractivity contribution in [3.8, 4) is 0 Å². The predicted octanol–water partition coefficient (Wildman–Crippen LogP) is 3.02. The van der Waals surface area contributed by atoms with Crippen LogP contribution in [0.15, 0.2) is 24.4 Å². The molecule has 2 aromatic heterocycles. The number of hydrogen-bond donors (Lipinski definition) is 1. The Morgan fingerprint density at radius 3 is 2.95 bits per heavy atom. The topological polar surface area (TPSA) is 46.4 Å². The maximum absolute atomic E-state index is 12.1. The molecule has 1 aliphatic rings. The third kappa shape index (κ3) is 3.26. The summed E-state index contributed by atoms with van der Waals surface area (Å²) < 4.78 is 2.09. The number of fused-ring (bicyclic) bond motifs is 1. The highest BCUT2D eigenvalue weighted by Gasteiger charge is 2.16. The van der Waals surface area contributed by atoms with Crippen molar-refractivity contribution < 1.29 is 4.79 Å². The van der Waals surface area contributed by atoms with Crippen molar-refractivity contribution in [2.45, 2.75) is 57.9 Å². The van der Waals surface area contributed by atoms with Crippen LogP contribution >= 0.6 is 0 Å². The van der Waals surface area contributed by atoms with E-state index in [2.05, 4.69) is 14.7 Å². The number of rotatable bonds is 4. The molecule has 0 radical (unpaired) electrons. The van der Waals surface area contributed by atoms with Crippen molar-refractivity contribution in [1.82, 2.24) is 14.7 Å². The Labute approximate surface area is 125 Å². The average Bonchev–Trinajstić information content (AvgIpc) is 2.81. The van der Waals surface area contributed by atoms with Crippen molar-refractivity contribution in [3.05, 3.63) is 35.8 Å². The number of aromatic nitrogens is 2. The number of nitrogens with zero attached hydrogens (tertiary/aromatic N) is 2. The van der Waals surface area contributed by atoms with Crippen LogP contribution in [0.4, 0.5) is 0 Å². The predicted molar refractivity (Wildman–Crippen MR) is 83.3 cm³/mol. The standard InChI is InChI=1S/C17H23N3O/c1-13-15(20-12-6-5-9-16(20)18-13)10-11-17(21)19-14-7-3-2-4-8-14/h5-6,9,12,14H,2-4,7-8,10-11H2,1H3,(H,19,21). The Morgan fingerprint density at radius 1 is 1.33 bits per heavy atom. The van der Waals surface area contributed by atoms with Crippen molar-refractivity contribution in [2.75, 3.05) is 0 Å². The molecule has 0 atom stereocenters. The zero-order valence-corrected chi connectivity index (χ0v) is 12.6. The van der Waals surface area contributed by atoms with E-state index in [0.29, 0.717) is 12.5 Å². The third-order valence-electron chi connectivity index (χ3n) is 4.39. The van der Waals surface area contributed by atoms with Crippen LogP contribution in [0.3, 0.4) is 0 Å². The van der Waals surface area contributed by atoms with Gasteiger partial charge in [0.1, 0.15) is 5.65 Å². The number of imidazole rings is 1. The molecule has 4 heteroatoms. The maximum Gasteiger partial charge on any atom is 0.220 e. The van der Waals surface area contributed by atoms with E-state index in [4.69, 9.17) is 0 Å². The van der Waals surface area contributed by atoms with Gasteiger partial charge >= 0.3 is 0 Å². The van der Waals surface area contributed by atoms with Gasteiger partial charge < -0.3 is 9.72 Å². The molecule has 0 aromatic carbocycles. The minimum Gasteiger partial charge on any atom is -0.353 e. The molecule has 1 N–H and O–H groups in total. The van der Waals surface area contributed by atoms with E-state index in [1.54, 1.807) is 0 Å². The SMILES string of the molecule is Cc1nc2ccccn2c1CCC(=O)NC1CCCCC1. The van der Waals surface area contributed by atoms with Crippen LogP contribution in [0.1, 0.15) is 49.9 Å². The molecule has 1 saturated carbocycles. The third-order valence-corrected chi connectivity index (χ3v) is 4.39. The quantitative estimate of drug-likeness (QED) is 0.938. The summed E-state index contributed by atoms with van der Waals surface area (Å²) in [6.45, 7) is 2.02.